The molecule has 7 nitrogen and oxygen atoms in total. The third-order valence-electron chi connectivity index (χ3n) is 4.99. The van der Waals surface area contributed by atoms with Gasteiger partial charge in [-0.1, -0.05) is 20.8 Å². The Morgan fingerprint density at radius 3 is 2.60 bits per heavy atom. The zero-order chi connectivity index (χ0) is 18.3. The first kappa shape index (κ1) is 18.4. The number of carbonyl (C=O) groups excluding carboxylic acids is 1. The highest BCUT2D eigenvalue weighted by atomic mass is 32.2. The molecule has 1 aromatic rings. The number of aromatic nitrogens is 1. The number of hydrogen-bond acceptors (Lipinski definition) is 6. The van der Waals surface area contributed by atoms with Crippen molar-refractivity contribution in [3.05, 3.63) is 17.8 Å². The standard InChI is InChI=1S/C17H27N3O4S/c1-16(2,3)15-19-13(11-23-15)14(21)20-7-8-24-17(12-20)5-9-25(22,18-4)10-6-17/h11H,5-10,12H2,1-4H3. The molecule has 2 fully saturated rings. The lowest BCUT2D eigenvalue weighted by molar-refractivity contribution is -0.104. The molecule has 2 aliphatic rings. The van der Waals surface area contributed by atoms with Crippen LogP contribution in [0, 0.1) is 0 Å². The molecule has 1 amide bonds. The van der Waals surface area contributed by atoms with E-state index in [1.165, 1.54) is 6.26 Å². The van der Waals surface area contributed by atoms with Gasteiger partial charge < -0.3 is 14.1 Å². The van der Waals surface area contributed by atoms with E-state index in [2.05, 4.69) is 9.35 Å². The summed E-state index contributed by atoms with van der Waals surface area (Å²) in [6, 6.07) is 0. The van der Waals surface area contributed by atoms with E-state index in [4.69, 9.17) is 9.15 Å². The van der Waals surface area contributed by atoms with Gasteiger partial charge in [-0.05, 0) is 12.8 Å². The normalized spacial score (nSPS) is 30.5. The minimum atomic E-state index is -2.09. The Balaban J connectivity index is 1.72. The second kappa shape index (κ2) is 6.39. The highest BCUT2D eigenvalue weighted by Crippen LogP contribution is 2.32. The van der Waals surface area contributed by atoms with Gasteiger partial charge in [0, 0.05) is 40.2 Å². The fourth-order valence-corrected chi connectivity index (χ4v) is 5.25. The molecule has 0 aliphatic carbocycles. The molecular formula is C17H27N3O4S. The molecule has 0 bridgehead atoms. The van der Waals surface area contributed by atoms with Crippen LogP contribution in [-0.4, -0.2) is 63.9 Å². The second-order valence-electron chi connectivity index (χ2n) is 7.91. The predicted molar refractivity (Wildman–Crippen MR) is 95.3 cm³/mol. The number of carbonyl (C=O) groups is 1. The summed E-state index contributed by atoms with van der Waals surface area (Å²) in [6.07, 6.45) is 2.77. The number of rotatable bonds is 1. The maximum atomic E-state index is 12.8. The van der Waals surface area contributed by atoms with Crippen molar-refractivity contribution in [1.29, 1.82) is 0 Å². The van der Waals surface area contributed by atoms with Crippen LogP contribution in [0.25, 0.3) is 0 Å². The van der Waals surface area contributed by atoms with E-state index < -0.39 is 15.3 Å². The van der Waals surface area contributed by atoms with Gasteiger partial charge >= 0.3 is 0 Å². The topological polar surface area (TPSA) is 85.0 Å². The SMILES string of the molecule is CN=S1(=O)CCC2(CC1)CN(C(=O)c1coc(C(C)(C)C)n1)CCO2. The summed E-state index contributed by atoms with van der Waals surface area (Å²) in [6.45, 7) is 7.51. The van der Waals surface area contributed by atoms with Crippen LogP contribution in [0.15, 0.2) is 15.0 Å². The summed E-state index contributed by atoms with van der Waals surface area (Å²) in [4.78, 5) is 19.0. The van der Waals surface area contributed by atoms with Crippen LogP contribution in [-0.2, 0) is 19.9 Å². The lowest BCUT2D eigenvalue weighted by Crippen LogP contribution is -2.56. The van der Waals surface area contributed by atoms with Gasteiger partial charge in [0.1, 0.15) is 6.26 Å². The van der Waals surface area contributed by atoms with E-state index in [9.17, 15) is 9.00 Å². The Bertz CT molecular complexity index is 757. The second-order valence-corrected chi connectivity index (χ2v) is 10.6. The highest BCUT2D eigenvalue weighted by Gasteiger charge is 2.42. The smallest absolute Gasteiger partial charge is 0.275 e. The van der Waals surface area contributed by atoms with Gasteiger partial charge in [-0.25, -0.2) is 13.6 Å². The summed E-state index contributed by atoms with van der Waals surface area (Å²) in [5.74, 6) is 1.49. The minimum Gasteiger partial charge on any atom is -0.448 e. The molecule has 1 aromatic heterocycles. The molecule has 2 saturated heterocycles. The third-order valence-corrected chi connectivity index (χ3v) is 7.34. The molecule has 0 atom stereocenters. The van der Waals surface area contributed by atoms with Crippen LogP contribution < -0.4 is 0 Å². The van der Waals surface area contributed by atoms with Crippen molar-refractivity contribution in [3.8, 4) is 0 Å². The number of nitrogens with zero attached hydrogens (tertiary/aromatic N) is 3. The Kier molecular flexibility index (Phi) is 4.70. The molecule has 0 aromatic carbocycles. The van der Waals surface area contributed by atoms with Gasteiger partial charge in [0.15, 0.2) is 11.6 Å². The van der Waals surface area contributed by atoms with E-state index in [-0.39, 0.29) is 11.3 Å². The maximum Gasteiger partial charge on any atom is 0.275 e. The monoisotopic (exact) mass is 369 g/mol. The quantitative estimate of drug-likeness (QED) is 0.756. The zero-order valence-electron chi connectivity index (χ0n) is 15.4. The van der Waals surface area contributed by atoms with Crippen molar-refractivity contribution >= 4 is 15.6 Å². The van der Waals surface area contributed by atoms with Crippen molar-refractivity contribution in [2.45, 2.75) is 44.6 Å². The molecule has 0 unspecified atom stereocenters. The first-order chi connectivity index (χ1) is 11.7. The Morgan fingerprint density at radius 2 is 2.04 bits per heavy atom. The maximum absolute atomic E-state index is 12.8. The van der Waals surface area contributed by atoms with Crippen molar-refractivity contribution in [2.75, 3.05) is 38.2 Å². The summed E-state index contributed by atoms with van der Waals surface area (Å²) in [7, 11) is -0.472. The van der Waals surface area contributed by atoms with Crippen molar-refractivity contribution < 1.29 is 18.2 Å². The Labute approximate surface area is 149 Å². The molecule has 3 heterocycles. The van der Waals surface area contributed by atoms with Gasteiger partial charge in [-0.2, -0.15) is 0 Å². The van der Waals surface area contributed by atoms with Gasteiger partial charge in [0.2, 0.25) is 0 Å². The van der Waals surface area contributed by atoms with Gasteiger partial charge in [-0.15, -0.1) is 0 Å². The first-order valence-electron chi connectivity index (χ1n) is 8.66. The van der Waals surface area contributed by atoms with Crippen LogP contribution in [0.2, 0.25) is 0 Å². The van der Waals surface area contributed by atoms with Crippen molar-refractivity contribution in [3.63, 3.8) is 0 Å². The van der Waals surface area contributed by atoms with E-state index >= 15 is 0 Å². The zero-order valence-corrected chi connectivity index (χ0v) is 16.2. The highest BCUT2D eigenvalue weighted by molar-refractivity contribution is 7.93. The van der Waals surface area contributed by atoms with Gasteiger partial charge in [-0.3, -0.25) is 4.79 Å². The van der Waals surface area contributed by atoms with Gasteiger partial charge in [0.05, 0.1) is 18.8 Å². The summed E-state index contributed by atoms with van der Waals surface area (Å²) in [5, 5.41) is 0. The number of oxazole rings is 1. The van der Waals surface area contributed by atoms with Crippen LogP contribution in [0.5, 0.6) is 0 Å². The van der Waals surface area contributed by atoms with E-state index in [0.717, 1.165) is 0 Å². The molecule has 2 aliphatic heterocycles. The molecule has 0 saturated carbocycles. The van der Waals surface area contributed by atoms with Crippen LogP contribution in [0.4, 0.5) is 0 Å². The molecule has 1 spiro atoms. The molecule has 3 rings (SSSR count). The average molecular weight is 369 g/mol. The summed E-state index contributed by atoms with van der Waals surface area (Å²) >= 11 is 0. The fraction of sp³-hybridized carbons (Fsp3) is 0.765. The van der Waals surface area contributed by atoms with Gasteiger partial charge in [0.25, 0.3) is 5.91 Å². The Morgan fingerprint density at radius 1 is 1.36 bits per heavy atom. The number of morpholine rings is 1. The molecule has 0 radical (unpaired) electrons. The fourth-order valence-electron chi connectivity index (χ4n) is 3.30. The number of amides is 1. The molecule has 140 valence electrons. The number of hydrogen-bond donors (Lipinski definition) is 0. The summed E-state index contributed by atoms with van der Waals surface area (Å²) in [5.41, 5.74) is -0.307. The number of ether oxygens (including phenoxy) is 1. The van der Waals surface area contributed by atoms with E-state index in [1.54, 1.807) is 11.9 Å². The first-order valence-corrected chi connectivity index (χ1v) is 10.5. The molecule has 8 heteroatoms. The third kappa shape index (κ3) is 3.74. The van der Waals surface area contributed by atoms with Crippen LogP contribution in [0.3, 0.4) is 0 Å². The Hall–Kier alpha value is -1.41. The minimum absolute atomic E-state index is 0.131. The lowest BCUT2D eigenvalue weighted by Gasteiger charge is -2.45. The predicted octanol–water partition coefficient (Wildman–Crippen LogP) is 2.07. The molecule has 0 N–H and O–H groups in total. The van der Waals surface area contributed by atoms with E-state index in [0.29, 0.717) is 55.6 Å². The molecule has 25 heavy (non-hydrogen) atoms. The summed E-state index contributed by atoms with van der Waals surface area (Å²) < 4.78 is 28.0. The van der Waals surface area contributed by atoms with E-state index in [1.807, 2.05) is 20.8 Å². The molecular weight excluding hydrogens is 342 g/mol. The van der Waals surface area contributed by atoms with Crippen molar-refractivity contribution in [2.24, 2.45) is 4.36 Å². The van der Waals surface area contributed by atoms with Crippen LogP contribution in [0.1, 0.15) is 50.0 Å². The average Bonchev–Trinajstić information content (AvgIpc) is 3.08. The van der Waals surface area contributed by atoms with Crippen LogP contribution >= 0.6 is 0 Å². The lowest BCUT2D eigenvalue weighted by atomic mass is 9.94. The largest absolute Gasteiger partial charge is 0.448 e. The van der Waals surface area contributed by atoms with Crippen molar-refractivity contribution in [1.82, 2.24) is 9.88 Å².